The van der Waals surface area contributed by atoms with Gasteiger partial charge in [0, 0.05) is 12.1 Å². The van der Waals surface area contributed by atoms with Gasteiger partial charge >= 0.3 is 0 Å². The fourth-order valence-corrected chi connectivity index (χ4v) is 1.56. The van der Waals surface area contributed by atoms with Crippen LogP contribution in [0.1, 0.15) is 23.2 Å². The molecule has 0 bridgehead atoms. The number of rotatable bonds is 6. The predicted molar refractivity (Wildman–Crippen MR) is 66.2 cm³/mol. The summed E-state index contributed by atoms with van der Waals surface area (Å²) in [5, 5.41) is 2.10. The zero-order chi connectivity index (χ0) is 15.3. The molecule has 20 heavy (non-hydrogen) atoms. The molecule has 0 aliphatic carbocycles. The van der Waals surface area contributed by atoms with Crippen LogP contribution in [0.3, 0.4) is 0 Å². The second kappa shape index (κ2) is 6.74. The normalized spacial score (nSPS) is 11.8. The van der Waals surface area contributed by atoms with Crippen LogP contribution in [0.2, 0.25) is 0 Å². The minimum atomic E-state index is -1.35. The Balaban J connectivity index is 2.94. The average Bonchev–Trinajstić information content (AvgIpc) is 2.32. The average molecular weight is 286 g/mol. The molecule has 1 aromatic rings. The highest BCUT2D eigenvalue weighted by atomic mass is 19.1. The zero-order valence-corrected chi connectivity index (χ0v) is 10.5. The number of carbonyl (C=O) groups excluding carboxylic acids is 2. The molecule has 1 aromatic carbocycles. The molecule has 0 spiro atoms. The molecular weight excluding hydrogens is 273 g/mol. The second-order valence-corrected chi connectivity index (χ2v) is 4.04. The highest BCUT2D eigenvalue weighted by Gasteiger charge is 2.23. The number of nitrogens with two attached hydrogens (primary N) is 1. The predicted octanol–water partition coefficient (Wildman–Crippen LogP) is 1.65. The van der Waals surface area contributed by atoms with E-state index in [1.807, 2.05) is 0 Å². The van der Waals surface area contributed by atoms with Crippen LogP contribution < -0.4 is 11.1 Å². The van der Waals surface area contributed by atoms with Crippen LogP contribution in [0.25, 0.3) is 0 Å². The molecule has 2 amide bonds. The largest absolute Gasteiger partial charge is 0.368 e. The number of benzene rings is 1. The van der Waals surface area contributed by atoms with Gasteiger partial charge in [-0.15, -0.1) is 6.58 Å². The van der Waals surface area contributed by atoms with Crippen molar-refractivity contribution in [2.24, 2.45) is 5.73 Å². The van der Waals surface area contributed by atoms with Crippen LogP contribution >= 0.6 is 0 Å². The fraction of sp³-hybridized carbons (Fsp3) is 0.231. The van der Waals surface area contributed by atoms with Gasteiger partial charge in [0.1, 0.15) is 29.1 Å². The summed E-state index contributed by atoms with van der Waals surface area (Å²) in [6, 6.07) is -0.341. The van der Waals surface area contributed by atoms with Crippen LogP contribution in [0.15, 0.2) is 24.8 Å². The van der Waals surface area contributed by atoms with Crippen molar-refractivity contribution in [1.29, 1.82) is 0 Å². The fourth-order valence-electron chi connectivity index (χ4n) is 1.56. The maximum atomic E-state index is 13.4. The lowest BCUT2D eigenvalue weighted by Gasteiger charge is -2.15. The molecule has 0 saturated heterocycles. The maximum Gasteiger partial charge on any atom is 0.257 e. The van der Waals surface area contributed by atoms with Gasteiger partial charge in [0.15, 0.2) is 0 Å². The van der Waals surface area contributed by atoms with Crippen LogP contribution in [-0.4, -0.2) is 17.9 Å². The Morgan fingerprint density at radius 2 is 1.85 bits per heavy atom. The summed E-state index contributed by atoms with van der Waals surface area (Å²) in [6.07, 6.45) is 2.03. The van der Waals surface area contributed by atoms with Crippen molar-refractivity contribution in [3.63, 3.8) is 0 Å². The van der Waals surface area contributed by atoms with Crippen LogP contribution in [0.5, 0.6) is 0 Å². The van der Waals surface area contributed by atoms with E-state index < -0.39 is 40.9 Å². The number of hydrogen-bond acceptors (Lipinski definition) is 2. The van der Waals surface area contributed by atoms with Gasteiger partial charge in [-0.25, -0.2) is 13.2 Å². The number of primary amides is 1. The Bertz CT molecular complexity index is 523. The van der Waals surface area contributed by atoms with E-state index in [1.54, 1.807) is 0 Å². The third kappa shape index (κ3) is 3.84. The Labute approximate surface area is 113 Å². The third-order valence-electron chi connectivity index (χ3n) is 2.54. The van der Waals surface area contributed by atoms with E-state index in [0.29, 0.717) is 18.6 Å². The van der Waals surface area contributed by atoms with Gasteiger partial charge in [-0.2, -0.15) is 0 Å². The van der Waals surface area contributed by atoms with Gasteiger partial charge in [-0.05, 0) is 12.8 Å². The highest BCUT2D eigenvalue weighted by molar-refractivity contribution is 5.97. The highest BCUT2D eigenvalue weighted by Crippen LogP contribution is 2.15. The minimum absolute atomic E-state index is 0.148. The summed E-state index contributed by atoms with van der Waals surface area (Å²) in [5.41, 5.74) is 4.11. The summed E-state index contributed by atoms with van der Waals surface area (Å²) in [5.74, 6) is -5.87. The summed E-state index contributed by atoms with van der Waals surface area (Å²) >= 11 is 0. The van der Waals surface area contributed by atoms with Gasteiger partial charge in [0.2, 0.25) is 5.91 Å². The topological polar surface area (TPSA) is 72.2 Å². The van der Waals surface area contributed by atoms with Crippen molar-refractivity contribution in [3.8, 4) is 0 Å². The van der Waals surface area contributed by atoms with Crippen molar-refractivity contribution >= 4 is 11.8 Å². The van der Waals surface area contributed by atoms with E-state index in [0.717, 1.165) is 0 Å². The SMILES string of the molecule is C=CCC[C@H](NC(=O)c1c(F)cc(F)cc1F)C(N)=O. The summed E-state index contributed by atoms with van der Waals surface area (Å²) in [4.78, 5) is 22.9. The first-order valence-corrected chi connectivity index (χ1v) is 5.72. The molecule has 1 atom stereocenters. The third-order valence-corrected chi connectivity index (χ3v) is 2.54. The molecule has 4 nitrogen and oxygen atoms in total. The van der Waals surface area contributed by atoms with E-state index in [2.05, 4.69) is 11.9 Å². The quantitative estimate of drug-likeness (QED) is 0.780. The van der Waals surface area contributed by atoms with Gasteiger partial charge in [-0.1, -0.05) is 6.08 Å². The molecule has 0 aromatic heterocycles. The van der Waals surface area contributed by atoms with E-state index in [-0.39, 0.29) is 6.42 Å². The standard InChI is InChI=1S/C13H13F3N2O2/c1-2-3-4-10(12(17)19)18-13(20)11-8(15)5-7(14)6-9(11)16/h2,5-6,10H,1,3-4H2,(H2,17,19)(H,18,20)/t10-/m0/s1. The molecule has 0 aliphatic rings. The lowest BCUT2D eigenvalue weighted by atomic mass is 10.1. The smallest absolute Gasteiger partial charge is 0.257 e. The van der Waals surface area contributed by atoms with Gasteiger partial charge in [0.05, 0.1) is 0 Å². The van der Waals surface area contributed by atoms with Gasteiger partial charge in [-0.3, -0.25) is 9.59 Å². The second-order valence-electron chi connectivity index (χ2n) is 4.04. The summed E-state index contributed by atoms with van der Waals surface area (Å²) in [6.45, 7) is 3.44. The van der Waals surface area contributed by atoms with Crippen molar-refractivity contribution in [1.82, 2.24) is 5.32 Å². The van der Waals surface area contributed by atoms with E-state index in [9.17, 15) is 22.8 Å². The Kier molecular flexibility index (Phi) is 5.31. The molecule has 0 fully saturated rings. The first-order chi connectivity index (χ1) is 9.36. The molecule has 0 saturated carbocycles. The van der Waals surface area contributed by atoms with E-state index >= 15 is 0 Å². The number of allylic oxidation sites excluding steroid dienone is 1. The number of carbonyl (C=O) groups is 2. The van der Waals surface area contributed by atoms with Crippen molar-refractivity contribution in [2.75, 3.05) is 0 Å². The number of amides is 2. The molecule has 108 valence electrons. The molecule has 0 aliphatic heterocycles. The van der Waals surface area contributed by atoms with E-state index in [4.69, 9.17) is 5.73 Å². The van der Waals surface area contributed by atoms with Crippen molar-refractivity contribution < 1.29 is 22.8 Å². The number of hydrogen-bond donors (Lipinski definition) is 2. The molecular formula is C13H13F3N2O2. The summed E-state index contributed by atoms with van der Waals surface area (Å²) < 4.78 is 39.5. The van der Waals surface area contributed by atoms with Crippen molar-refractivity contribution in [2.45, 2.75) is 18.9 Å². The van der Waals surface area contributed by atoms with Gasteiger partial charge < -0.3 is 11.1 Å². The molecule has 7 heteroatoms. The Morgan fingerprint density at radius 1 is 1.30 bits per heavy atom. The number of nitrogens with one attached hydrogen (secondary N) is 1. The molecule has 3 N–H and O–H groups in total. The van der Waals surface area contributed by atoms with Crippen molar-refractivity contribution in [3.05, 3.63) is 47.8 Å². The lowest BCUT2D eigenvalue weighted by molar-refractivity contribution is -0.119. The Morgan fingerprint density at radius 3 is 2.30 bits per heavy atom. The number of halogens is 3. The zero-order valence-electron chi connectivity index (χ0n) is 10.5. The molecule has 0 unspecified atom stereocenters. The van der Waals surface area contributed by atoms with Crippen LogP contribution in [0.4, 0.5) is 13.2 Å². The molecule has 1 rings (SSSR count). The first kappa shape index (κ1) is 15.7. The molecule has 0 radical (unpaired) electrons. The minimum Gasteiger partial charge on any atom is -0.368 e. The maximum absolute atomic E-state index is 13.4. The monoisotopic (exact) mass is 286 g/mol. The lowest BCUT2D eigenvalue weighted by Crippen LogP contribution is -2.44. The molecule has 0 heterocycles. The first-order valence-electron chi connectivity index (χ1n) is 5.72. The van der Waals surface area contributed by atoms with Crippen LogP contribution in [0, 0.1) is 17.5 Å². The van der Waals surface area contributed by atoms with E-state index in [1.165, 1.54) is 6.08 Å². The summed E-state index contributed by atoms with van der Waals surface area (Å²) in [7, 11) is 0. The Hall–Kier alpha value is -2.31. The van der Waals surface area contributed by atoms with Gasteiger partial charge in [0.25, 0.3) is 5.91 Å². The van der Waals surface area contributed by atoms with Crippen LogP contribution in [-0.2, 0) is 4.79 Å².